The highest BCUT2D eigenvalue weighted by Gasteiger charge is 2.21. The first kappa shape index (κ1) is 9.72. The van der Waals surface area contributed by atoms with Crippen molar-refractivity contribution in [3.05, 3.63) is 11.4 Å². The summed E-state index contributed by atoms with van der Waals surface area (Å²) < 4.78 is 5.35. The van der Waals surface area contributed by atoms with Crippen LogP contribution >= 0.6 is 0 Å². The summed E-state index contributed by atoms with van der Waals surface area (Å²) in [5.74, 6) is 2.68. The van der Waals surface area contributed by atoms with E-state index in [-0.39, 0.29) is 0 Å². The molecule has 2 aliphatic rings. The van der Waals surface area contributed by atoms with Crippen molar-refractivity contribution in [3.63, 3.8) is 0 Å². The summed E-state index contributed by atoms with van der Waals surface area (Å²) in [7, 11) is 0. The standard InChI is InChI=1S/C11H14N4O/c1-8-13-10-9(2-3-12-10)11(14-8)15-4-6-16-7-5-15/h3H,2,4-7H2,1H3. The first-order valence-electron chi connectivity index (χ1n) is 5.57. The summed E-state index contributed by atoms with van der Waals surface area (Å²) in [5, 5.41) is 0. The van der Waals surface area contributed by atoms with Gasteiger partial charge in [0.1, 0.15) is 11.6 Å². The Morgan fingerprint density at radius 1 is 1.25 bits per heavy atom. The van der Waals surface area contributed by atoms with E-state index in [1.54, 1.807) is 0 Å². The third kappa shape index (κ3) is 1.57. The van der Waals surface area contributed by atoms with Crippen molar-refractivity contribution in [2.24, 2.45) is 4.99 Å². The molecular weight excluding hydrogens is 204 g/mol. The lowest BCUT2D eigenvalue weighted by Gasteiger charge is -2.29. The molecule has 3 heterocycles. The average Bonchev–Trinajstić information content (AvgIpc) is 2.77. The van der Waals surface area contributed by atoms with E-state index in [0.717, 1.165) is 55.7 Å². The van der Waals surface area contributed by atoms with Gasteiger partial charge in [-0.1, -0.05) is 0 Å². The molecule has 0 bridgehead atoms. The molecule has 1 aromatic heterocycles. The second kappa shape index (κ2) is 3.83. The van der Waals surface area contributed by atoms with Crippen LogP contribution < -0.4 is 4.90 Å². The molecule has 0 radical (unpaired) electrons. The minimum Gasteiger partial charge on any atom is -0.378 e. The minimum absolute atomic E-state index is 0.776. The molecule has 0 aromatic carbocycles. The lowest BCUT2D eigenvalue weighted by atomic mass is 10.2. The van der Waals surface area contributed by atoms with E-state index < -0.39 is 0 Å². The van der Waals surface area contributed by atoms with Gasteiger partial charge in [-0.15, -0.1) is 0 Å². The van der Waals surface area contributed by atoms with Gasteiger partial charge in [0.15, 0.2) is 5.82 Å². The molecule has 5 heteroatoms. The Labute approximate surface area is 94.2 Å². The number of fused-ring (bicyclic) bond motifs is 1. The fourth-order valence-electron chi connectivity index (χ4n) is 2.12. The van der Waals surface area contributed by atoms with Crippen LogP contribution in [0.3, 0.4) is 0 Å². The van der Waals surface area contributed by atoms with Crippen LogP contribution in [0.25, 0.3) is 0 Å². The predicted octanol–water partition coefficient (Wildman–Crippen LogP) is 0.880. The van der Waals surface area contributed by atoms with Crippen molar-refractivity contribution in [2.45, 2.75) is 13.3 Å². The summed E-state index contributed by atoms with van der Waals surface area (Å²) in [5.41, 5.74) is 1.16. The van der Waals surface area contributed by atoms with Crippen LogP contribution in [0.4, 0.5) is 11.6 Å². The van der Waals surface area contributed by atoms with E-state index in [4.69, 9.17) is 4.74 Å². The van der Waals surface area contributed by atoms with Crippen LogP contribution in [-0.2, 0) is 11.2 Å². The summed E-state index contributed by atoms with van der Waals surface area (Å²) in [6.07, 6.45) is 2.75. The van der Waals surface area contributed by atoms with E-state index in [2.05, 4.69) is 19.9 Å². The van der Waals surface area contributed by atoms with Crippen molar-refractivity contribution >= 4 is 17.9 Å². The van der Waals surface area contributed by atoms with Crippen molar-refractivity contribution in [1.29, 1.82) is 0 Å². The summed E-state index contributed by atoms with van der Waals surface area (Å²) in [6.45, 7) is 5.28. The first-order valence-corrected chi connectivity index (χ1v) is 5.57. The largest absolute Gasteiger partial charge is 0.378 e. The van der Waals surface area contributed by atoms with Crippen molar-refractivity contribution < 1.29 is 4.74 Å². The van der Waals surface area contributed by atoms with Gasteiger partial charge in [-0.2, -0.15) is 0 Å². The highest BCUT2D eigenvalue weighted by Crippen LogP contribution is 2.30. The maximum atomic E-state index is 5.35. The van der Waals surface area contributed by atoms with Gasteiger partial charge in [0.2, 0.25) is 0 Å². The maximum absolute atomic E-state index is 5.35. The van der Waals surface area contributed by atoms with Crippen LogP contribution in [0.5, 0.6) is 0 Å². The van der Waals surface area contributed by atoms with Gasteiger partial charge in [0.25, 0.3) is 0 Å². The van der Waals surface area contributed by atoms with Crippen LogP contribution in [0.15, 0.2) is 4.99 Å². The Hall–Kier alpha value is -1.49. The van der Waals surface area contributed by atoms with Gasteiger partial charge < -0.3 is 9.64 Å². The lowest BCUT2D eigenvalue weighted by molar-refractivity contribution is 0.122. The zero-order valence-electron chi connectivity index (χ0n) is 9.31. The van der Waals surface area contributed by atoms with E-state index in [1.165, 1.54) is 0 Å². The van der Waals surface area contributed by atoms with E-state index >= 15 is 0 Å². The van der Waals surface area contributed by atoms with Gasteiger partial charge in [-0.05, 0) is 6.92 Å². The van der Waals surface area contributed by atoms with E-state index in [9.17, 15) is 0 Å². The predicted molar refractivity (Wildman–Crippen MR) is 61.7 cm³/mol. The number of rotatable bonds is 1. The van der Waals surface area contributed by atoms with Gasteiger partial charge in [-0.3, -0.25) is 0 Å². The normalized spacial score (nSPS) is 18.9. The molecule has 0 saturated carbocycles. The van der Waals surface area contributed by atoms with Crippen molar-refractivity contribution in [1.82, 2.24) is 9.97 Å². The monoisotopic (exact) mass is 218 g/mol. The first-order chi connectivity index (χ1) is 7.84. The third-order valence-corrected chi connectivity index (χ3v) is 2.89. The third-order valence-electron chi connectivity index (χ3n) is 2.89. The van der Waals surface area contributed by atoms with Crippen molar-refractivity contribution in [2.75, 3.05) is 31.2 Å². The molecule has 0 atom stereocenters. The number of anilines is 1. The van der Waals surface area contributed by atoms with Crippen LogP contribution in [0.1, 0.15) is 11.4 Å². The van der Waals surface area contributed by atoms with E-state index in [1.807, 2.05) is 13.1 Å². The molecule has 84 valence electrons. The molecule has 5 nitrogen and oxygen atoms in total. The fraction of sp³-hybridized carbons (Fsp3) is 0.545. The number of ether oxygens (including phenoxy) is 1. The SMILES string of the molecule is Cc1nc2c(c(N3CCOCC3)n1)CC=N2. The number of hydrogen-bond acceptors (Lipinski definition) is 5. The molecule has 16 heavy (non-hydrogen) atoms. The fourth-order valence-corrected chi connectivity index (χ4v) is 2.12. The topological polar surface area (TPSA) is 50.6 Å². The molecular formula is C11H14N4O. The molecule has 0 unspecified atom stereocenters. The summed E-state index contributed by atoms with van der Waals surface area (Å²) >= 11 is 0. The Bertz CT molecular complexity index is 438. The lowest BCUT2D eigenvalue weighted by Crippen LogP contribution is -2.37. The highest BCUT2D eigenvalue weighted by molar-refractivity contribution is 5.78. The van der Waals surface area contributed by atoms with Crippen LogP contribution in [0, 0.1) is 6.92 Å². The smallest absolute Gasteiger partial charge is 0.160 e. The zero-order valence-corrected chi connectivity index (χ0v) is 9.31. The number of aliphatic imine (C=N–C) groups is 1. The molecule has 2 aliphatic heterocycles. The Morgan fingerprint density at radius 3 is 2.88 bits per heavy atom. The molecule has 0 aliphatic carbocycles. The number of morpholine rings is 1. The zero-order chi connectivity index (χ0) is 11.0. The Morgan fingerprint density at radius 2 is 2.06 bits per heavy atom. The van der Waals surface area contributed by atoms with Crippen molar-refractivity contribution in [3.8, 4) is 0 Å². The average molecular weight is 218 g/mol. The number of hydrogen-bond donors (Lipinski definition) is 0. The molecule has 3 rings (SSSR count). The maximum Gasteiger partial charge on any atom is 0.160 e. The van der Waals surface area contributed by atoms with Gasteiger partial charge in [0, 0.05) is 31.3 Å². The molecule has 0 amide bonds. The van der Waals surface area contributed by atoms with Gasteiger partial charge >= 0.3 is 0 Å². The minimum atomic E-state index is 0.776. The number of aromatic nitrogens is 2. The molecule has 0 spiro atoms. The molecule has 1 aromatic rings. The highest BCUT2D eigenvalue weighted by atomic mass is 16.5. The van der Waals surface area contributed by atoms with Crippen LogP contribution in [-0.4, -0.2) is 42.5 Å². The van der Waals surface area contributed by atoms with Crippen LogP contribution in [0.2, 0.25) is 0 Å². The summed E-state index contributed by atoms with van der Waals surface area (Å²) in [6, 6.07) is 0. The number of aryl methyl sites for hydroxylation is 1. The second-order valence-electron chi connectivity index (χ2n) is 4.01. The van der Waals surface area contributed by atoms with Gasteiger partial charge in [0.05, 0.1) is 13.2 Å². The Kier molecular flexibility index (Phi) is 2.32. The second-order valence-corrected chi connectivity index (χ2v) is 4.01. The quantitative estimate of drug-likeness (QED) is 0.702. The van der Waals surface area contributed by atoms with E-state index in [0.29, 0.717) is 0 Å². The molecule has 1 fully saturated rings. The molecule has 1 saturated heterocycles. The Balaban J connectivity index is 2.00. The van der Waals surface area contributed by atoms with Gasteiger partial charge in [-0.25, -0.2) is 15.0 Å². The molecule has 0 N–H and O–H groups in total. The summed E-state index contributed by atoms with van der Waals surface area (Å²) in [4.78, 5) is 15.4. The number of nitrogens with zero attached hydrogens (tertiary/aromatic N) is 4.